The normalized spacial score (nSPS) is 18.0. The van der Waals surface area contributed by atoms with Crippen molar-refractivity contribution in [1.29, 1.82) is 5.26 Å². The van der Waals surface area contributed by atoms with Gasteiger partial charge in [-0.2, -0.15) is 5.26 Å². The summed E-state index contributed by atoms with van der Waals surface area (Å²) in [6.07, 6.45) is 29.7. The number of halogens is 8. The molecule has 0 aromatic carbocycles. The Morgan fingerprint density at radius 1 is 0.519 bits per heavy atom. The van der Waals surface area contributed by atoms with Crippen LogP contribution < -0.4 is 17.0 Å². The van der Waals surface area contributed by atoms with Gasteiger partial charge in [-0.25, -0.2) is 49.7 Å². The topological polar surface area (TPSA) is 467 Å². The van der Waals surface area contributed by atoms with Crippen LogP contribution in [0.15, 0.2) is 36.4 Å². The predicted molar refractivity (Wildman–Crippen MR) is 529 cm³/mol. The zero-order valence-electron chi connectivity index (χ0n) is 75.0. The first-order valence-electron chi connectivity index (χ1n) is 43.7. The molecule has 8 N–H and O–H groups in total. The number of hydrogen-bond acceptors (Lipinski definition) is 33. The predicted octanol–water partition coefficient (Wildman–Crippen LogP) is 21.2. The molecule has 7 atom stereocenters. The zero-order chi connectivity index (χ0) is 98.0. The number of nitrogens with zero attached hydrogens (tertiary/aromatic N) is 10. The van der Waals surface area contributed by atoms with Crippen molar-refractivity contribution in [3.8, 4) is 6.07 Å². The number of nitrogens with one attached hydrogen (secondary N) is 1. The van der Waals surface area contributed by atoms with E-state index in [1.54, 1.807) is 104 Å². The number of nitrogen functional groups attached to an aromatic ring is 1. The third kappa shape index (κ3) is 31.1. The molecule has 11 aromatic heterocycles. The average Bonchev–Trinajstić information content (AvgIpc) is 1.64. The van der Waals surface area contributed by atoms with Crippen LogP contribution in [-0.2, 0) is 90.9 Å². The Hall–Kier alpha value is -7.22. The summed E-state index contributed by atoms with van der Waals surface area (Å²) in [5.74, 6) is 2.18. The number of nitriles is 1. The van der Waals surface area contributed by atoms with Crippen molar-refractivity contribution in [1.82, 2.24) is 49.8 Å². The third-order valence-corrected chi connectivity index (χ3v) is 30.6. The molecule has 2 fully saturated rings. The van der Waals surface area contributed by atoms with Crippen molar-refractivity contribution in [3.63, 3.8) is 0 Å². The number of aryl methyl sites for hydroxylation is 6. The number of aliphatic hydroxyl groups excluding tert-OH is 3. The number of aromatic amines is 1. The third-order valence-electron chi connectivity index (χ3n) is 22.5. The van der Waals surface area contributed by atoms with Crippen LogP contribution in [0.5, 0.6) is 0 Å². The lowest BCUT2D eigenvalue weighted by molar-refractivity contribution is -0.142. The van der Waals surface area contributed by atoms with Crippen LogP contribution in [-0.4, -0.2) is 166 Å². The van der Waals surface area contributed by atoms with E-state index >= 15 is 0 Å². The minimum absolute atomic E-state index is 0.0671. The lowest BCUT2D eigenvalue weighted by atomic mass is 9.94. The zero-order valence-corrected chi connectivity index (χ0v) is 85.1. The summed E-state index contributed by atoms with van der Waals surface area (Å²) in [4.78, 5) is 150. The molecule has 29 nitrogen and oxygen atoms in total. The second kappa shape index (κ2) is 55.4. The number of fused-ring (bicyclic) bond motifs is 16. The number of primary amides is 1. The summed E-state index contributed by atoms with van der Waals surface area (Å²) in [5.41, 5.74) is 17.6. The number of hydrogen-bond donors (Lipinski definition) is 6. The Balaban J connectivity index is 0.000000185. The van der Waals surface area contributed by atoms with E-state index in [4.69, 9.17) is 88.4 Å². The van der Waals surface area contributed by atoms with E-state index in [0.717, 1.165) is 184 Å². The number of ether oxygens (including phenoxy) is 3. The fourth-order valence-electron chi connectivity index (χ4n) is 17.4. The van der Waals surface area contributed by atoms with Crippen LogP contribution >= 0.6 is 153 Å². The number of aliphatic hydroxyl groups is 3. The van der Waals surface area contributed by atoms with Crippen molar-refractivity contribution >= 4 is 257 Å². The fourth-order valence-corrected chi connectivity index (χ4v) is 25.9. The van der Waals surface area contributed by atoms with Gasteiger partial charge in [-0.3, -0.25) is 28.1 Å². The molecule has 0 radical (unpaired) electrons. The number of aromatic nitrogens is 10. The van der Waals surface area contributed by atoms with Crippen LogP contribution in [0.25, 0.3) is 51.1 Å². The molecule has 19 rings (SSSR count). The van der Waals surface area contributed by atoms with Crippen LogP contribution in [0.3, 0.4) is 0 Å². The Morgan fingerprint density at radius 2 is 0.827 bits per heavy atom. The maximum absolute atomic E-state index is 11.9. The second-order valence-corrected chi connectivity index (χ2v) is 46.1. The SMILES string of the molecule is C1CCOC1.CC(=O)CC1CCCC1=O.CC(=O)CC1CCc2sc3nc[nH]c(=O)c3c21.CC(=O)CC1CCc2sc3ncnc(Cl)c3c21.CCOC(=O)CC#N.CCOC(=O)c1c(N)sc2c1C(CC(C)=O)CC2.NC=O.O=P(Cl)(Cl)Cl.OCCC1CCc2sc3ncnc(Cl)c3c21.OCC[C@@H]1CCc2sc3ncnc(Cl)c3c21.OCC[C@H]1CCc2sc3ncnc(Cl)c3c21.[2H]CF. The minimum Gasteiger partial charge on any atom is -0.465 e. The maximum Gasteiger partial charge on any atom is 0.341 e. The summed E-state index contributed by atoms with van der Waals surface area (Å²) in [6.45, 7) is 13.2. The van der Waals surface area contributed by atoms with Gasteiger partial charge in [0.25, 0.3) is 5.56 Å². The van der Waals surface area contributed by atoms with Crippen molar-refractivity contribution in [2.45, 2.75) is 238 Å². The van der Waals surface area contributed by atoms with Crippen LogP contribution in [0.4, 0.5) is 9.39 Å². The van der Waals surface area contributed by atoms with E-state index in [1.165, 1.54) is 102 Å². The number of amides is 1. The summed E-state index contributed by atoms with van der Waals surface area (Å²) in [7, 11) is -1.00. The van der Waals surface area contributed by atoms with Gasteiger partial charge in [-0.05, 0) is 266 Å². The quantitative estimate of drug-likeness (QED) is 0.0201. The van der Waals surface area contributed by atoms with Crippen molar-refractivity contribution in [2.75, 3.05) is 59.1 Å². The number of rotatable bonds is 18. The summed E-state index contributed by atoms with van der Waals surface area (Å²) >= 11 is 48.3. The van der Waals surface area contributed by atoms with E-state index in [9.17, 15) is 47.3 Å². The molecule has 1 saturated heterocycles. The number of nitrogens with two attached hydrogens (primary N) is 2. The van der Waals surface area contributed by atoms with E-state index in [-0.39, 0.29) is 90.9 Å². The first-order chi connectivity index (χ1) is 64.1. The Bertz CT molecular complexity index is 5780. The number of esters is 2. The van der Waals surface area contributed by atoms with Crippen molar-refractivity contribution < 1.29 is 78.2 Å². The number of H-pyrrole nitrogens is 1. The molecule has 1 saturated carbocycles. The summed E-state index contributed by atoms with van der Waals surface area (Å²) < 4.78 is 39.4. The molecule has 133 heavy (non-hydrogen) atoms. The lowest BCUT2D eigenvalue weighted by Crippen LogP contribution is -2.11. The molecule has 7 aliphatic carbocycles. The maximum atomic E-state index is 11.9. The van der Waals surface area contributed by atoms with Gasteiger partial charge >= 0.3 is 17.1 Å². The summed E-state index contributed by atoms with van der Waals surface area (Å²) in [6, 6.07) is 1.68. The number of carbonyl (C=O) groups excluding carboxylic acids is 8. The van der Waals surface area contributed by atoms with Gasteiger partial charge in [0.05, 0.1) is 66.6 Å². The van der Waals surface area contributed by atoms with Crippen LogP contribution in [0.1, 0.15) is 273 Å². The Labute approximate surface area is 828 Å². The standard InChI is InChI=1S/C13H17NO3S.C12H11ClN2OS.C12H12N2O2S.3C11H11ClN2OS.C8H12O2.C5H7NO2.C4H8O.CH3F.CH3NO.Cl3OP/c1-3-17-13(16)11-10-8(6-7(2)15)4-5-9(10)18-12(11)14;1-6(16)4-7-2-3-8-9(7)10-11(13)14-5-15-12(10)17-8;1-6(15)4-7-2-3-8-9(7)10-11(16)13-5-14-12(10)17-8;3*12-10-9-8-6(3-4-15)1-2-7(8)16-11(9)14-5-13-10;1-6(9)5-7-3-2-4-8(7)10;1-2-8-5(7)3-4-6;1-2-4-5-3-1;1-2;2-1-3;1-5(2,3)4/h8H,3-6,14H2,1-2H3;5,7H,2-4H2,1H3;5,7H,2-4H2,1H3,(H,13,14,16);3*5-6,15H,1-4H2;7H,2-5H2,1H3;2-3H2,1H3;1-4H2;1H3;1H,(H2,2,3);/t;;;2*6-;;;;;;;/m...10......./s1/i;;;;;;;;;1D;;. The Morgan fingerprint density at radius 3 is 1.13 bits per heavy atom. The molecule has 0 spiro atoms. The Kier molecular flexibility index (Phi) is 45.6. The molecule has 11 aromatic rings. The second-order valence-electron chi connectivity index (χ2n) is 31.5. The monoisotopic (exact) mass is 2100 g/mol. The first kappa shape index (κ1) is 109. The highest BCUT2D eigenvalue weighted by atomic mass is 36.0. The van der Waals surface area contributed by atoms with Gasteiger partial charge in [0.1, 0.15) is 110 Å². The molecular weight excluding hydrogens is 2000 g/mol. The van der Waals surface area contributed by atoms with Crippen LogP contribution in [0.2, 0.25) is 20.6 Å². The molecular formula is C89H106Cl7FN13O16PS6. The number of alkyl halides is 1. The van der Waals surface area contributed by atoms with Crippen LogP contribution in [0, 0.1) is 17.2 Å². The smallest absolute Gasteiger partial charge is 0.341 e. The molecule has 720 valence electrons. The van der Waals surface area contributed by atoms with Gasteiger partial charge in [-0.15, -0.1) is 68.0 Å². The number of carbonyl (C=O) groups is 8. The van der Waals surface area contributed by atoms with Gasteiger partial charge < -0.3 is 65.2 Å². The highest BCUT2D eigenvalue weighted by Crippen LogP contribution is 2.61. The van der Waals surface area contributed by atoms with E-state index in [2.05, 4.69) is 94.0 Å². The van der Waals surface area contributed by atoms with Gasteiger partial charge in [0.2, 0.25) is 6.41 Å². The molecule has 12 heterocycles. The van der Waals surface area contributed by atoms with Crippen molar-refractivity contribution in [3.05, 3.63) is 131 Å². The van der Waals surface area contributed by atoms with E-state index < -0.39 is 18.3 Å². The number of thiophene rings is 6. The molecule has 8 aliphatic rings. The van der Waals surface area contributed by atoms with Crippen molar-refractivity contribution in [2.24, 2.45) is 11.7 Å². The summed E-state index contributed by atoms with van der Waals surface area (Å²) in [5, 5.41) is 39.3. The van der Waals surface area contributed by atoms with Gasteiger partial charge in [0.15, 0.2) is 0 Å². The average molecular weight is 2110 g/mol. The highest BCUT2D eigenvalue weighted by Gasteiger charge is 2.37. The number of Topliss-reactive ketones (excluding diaryl/α,β-unsaturated/α-hetero) is 5. The molecule has 5 unspecified atom stereocenters. The molecule has 44 heteroatoms. The lowest BCUT2D eigenvalue weighted by Gasteiger charge is -2.11. The molecule has 0 bridgehead atoms. The molecule has 1 aliphatic heterocycles. The van der Waals surface area contributed by atoms with E-state index in [0.29, 0.717) is 106 Å². The fraction of sp³-hybridized carbons (Fsp3) is 0.517. The minimum atomic E-state index is -3.22. The number of anilines is 1. The van der Waals surface area contributed by atoms with Gasteiger partial charge in [-0.1, -0.05) is 46.4 Å². The largest absolute Gasteiger partial charge is 0.465 e. The number of ketones is 5. The first-order valence-corrected chi connectivity index (χ1v) is 53.8. The van der Waals surface area contributed by atoms with Gasteiger partial charge in [0, 0.05) is 100 Å². The highest BCUT2D eigenvalue weighted by molar-refractivity contribution is 8.24. The molecule has 1 amide bonds. The van der Waals surface area contributed by atoms with E-state index in [1.807, 2.05) is 0 Å².